The number of benzene rings is 1. The fraction of sp³-hybridized carbons (Fsp3) is 0.385. The van der Waals surface area contributed by atoms with E-state index in [-0.39, 0.29) is 5.75 Å². The van der Waals surface area contributed by atoms with E-state index >= 15 is 0 Å². The van der Waals surface area contributed by atoms with Crippen molar-refractivity contribution in [2.24, 2.45) is 0 Å². The molecule has 18 heavy (non-hydrogen) atoms. The Morgan fingerprint density at radius 3 is 3.06 bits per heavy atom. The SMILES string of the molecule is CCCNCc1cn(Cc2cccc(O)c2)nn1. The van der Waals surface area contributed by atoms with Gasteiger partial charge in [-0.3, -0.25) is 0 Å². The van der Waals surface area contributed by atoms with Crippen LogP contribution in [0.3, 0.4) is 0 Å². The summed E-state index contributed by atoms with van der Waals surface area (Å²) in [7, 11) is 0. The molecule has 0 spiro atoms. The minimum atomic E-state index is 0.275. The molecule has 2 rings (SSSR count). The summed E-state index contributed by atoms with van der Waals surface area (Å²) in [5.74, 6) is 0.275. The first-order chi connectivity index (χ1) is 8.78. The van der Waals surface area contributed by atoms with Gasteiger partial charge in [0.2, 0.25) is 0 Å². The maximum atomic E-state index is 9.38. The van der Waals surface area contributed by atoms with E-state index in [2.05, 4.69) is 22.6 Å². The van der Waals surface area contributed by atoms with Crippen molar-refractivity contribution >= 4 is 0 Å². The van der Waals surface area contributed by atoms with Crippen LogP contribution >= 0.6 is 0 Å². The van der Waals surface area contributed by atoms with Gasteiger partial charge in [-0.2, -0.15) is 0 Å². The smallest absolute Gasteiger partial charge is 0.115 e. The molecule has 0 saturated heterocycles. The molecule has 0 radical (unpaired) electrons. The second kappa shape index (κ2) is 6.16. The molecule has 0 aliphatic rings. The lowest BCUT2D eigenvalue weighted by atomic mass is 10.2. The summed E-state index contributed by atoms with van der Waals surface area (Å²) >= 11 is 0. The lowest BCUT2D eigenvalue weighted by Gasteiger charge is -2.01. The normalized spacial score (nSPS) is 10.7. The molecular weight excluding hydrogens is 228 g/mol. The molecule has 0 fully saturated rings. The topological polar surface area (TPSA) is 63.0 Å². The highest BCUT2D eigenvalue weighted by molar-refractivity contribution is 5.27. The van der Waals surface area contributed by atoms with Crippen molar-refractivity contribution in [2.45, 2.75) is 26.4 Å². The summed E-state index contributed by atoms with van der Waals surface area (Å²) in [6, 6.07) is 7.17. The summed E-state index contributed by atoms with van der Waals surface area (Å²) in [4.78, 5) is 0. The van der Waals surface area contributed by atoms with E-state index in [9.17, 15) is 5.11 Å². The van der Waals surface area contributed by atoms with E-state index in [1.54, 1.807) is 16.8 Å². The fourth-order valence-corrected chi connectivity index (χ4v) is 1.73. The van der Waals surface area contributed by atoms with Crippen molar-refractivity contribution in [1.82, 2.24) is 20.3 Å². The van der Waals surface area contributed by atoms with E-state index in [0.29, 0.717) is 6.54 Å². The van der Waals surface area contributed by atoms with Crippen LogP contribution in [0.5, 0.6) is 5.75 Å². The van der Waals surface area contributed by atoms with Crippen LogP contribution in [-0.2, 0) is 13.1 Å². The van der Waals surface area contributed by atoms with Crippen LogP contribution in [0.1, 0.15) is 24.6 Å². The summed E-state index contributed by atoms with van der Waals surface area (Å²) in [6.07, 6.45) is 3.03. The second-order valence-corrected chi connectivity index (χ2v) is 4.25. The van der Waals surface area contributed by atoms with Crippen molar-refractivity contribution in [3.05, 3.63) is 41.7 Å². The van der Waals surface area contributed by atoms with Crippen molar-refractivity contribution in [2.75, 3.05) is 6.54 Å². The molecule has 2 N–H and O–H groups in total. The maximum Gasteiger partial charge on any atom is 0.115 e. The Labute approximate surface area is 106 Å². The molecule has 0 atom stereocenters. The number of phenols is 1. The van der Waals surface area contributed by atoms with Crippen LogP contribution in [0.25, 0.3) is 0 Å². The number of hydrogen-bond donors (Lipinski definition) is 2. The molecule has 1 aromatic carbocycles. The monoisotopic (exact) mass is 246 g/mol. The van der Waals surface area contributed by atoms with Gasteiger partial charge < -0.3 is 10.4 Å². The third-order valence-corrected chi connectivity index (χ3v) is 2.57. The molecule has 5 heteroatoms. The molecule has 2 aromatic rings. The Hall–Kier alpha value is -1.88. The second-order valence-electron chi connectivity index (χ2n) is 4.25. The molecule has 0 bridgehead atoms. The Kier molecular flexibility index (Phi) is 4.30. The van der Waals surface area contributed by atoms with Gasteiger partial charge in [0.25, 0.3) is 0 Å². The molecule has 0 amide bonds. The summed E-state index contributed by atoms with van der Waals surface area (Å²) in [5, 5.41) is 20.8. The maximum absolute atomic E-state index is 9.38. The van der Waals surface area contributed by atoms with Crippen molar-refractivity contribution in [3.63, 3.8) is 0 Å². The Balaban J connectivity index is 1.94. The zero-order valence-electron chi connectivity index (χ0n) is 10.5. The van der Waals surface area contributed by atoms with Gasteiger partial charge in [0.15, 0.2) is 0 Å². The van der Waals surface area contributed by atoms with E-state index < -0.39 is 0 Å². The van der Waals surface area contributed by atoms with Crippen molar-refractivity contribution < 1.29 is 5.11 Å². The van der Waals surface area contributed by atoms with Crippen LogP contribution in [0.2, 0.25) is 0 Å². The number of aromatic nitrogens is 3. The molecule has 0 aliphatic carbocycles. The molecule has 0 unspecified atom stereocenters. The Morgan fingerprint density at radius 1 is 1.39 bits per heavy atom. The van der Waals surface area contributed by atoms with Crippen LogP contribution in [0, 0.1) is 0 Å². The van der Waals surface area contributed by atoms with E-state index in [4.69, 9.17) is 0 Å². The summed E-state index contributed by atoms with van der Waals surface area (Å²) in [5.41, 5.74) is 1.94. The van der Waals surface area contributed by atoms with Gasteiger partial charge in [-0.25, -0.2) is 4.68 Å². The average Bonchev–Trinajstić information content (AvgIpc) is 2.77. The summed E-state index contributed by atoms with van der Waals surface area (Å²) < 4.78 is 1.78. The highest BCUT2D eigenvalue weighted by Gasteiger charge is 2.01. The molecule has 1 aromatic heterocycles. The first kappa shape index (κ1) is 12.6. The fourth-order valence-electron chi connectivity index (χ4n) is 1.73. The molecule has 0 saturated carbocycles. The zero-order valence-corrected chi connectivity index (χ0v) is 10.5. The first-order valence-corrected chi connectivity index (χ1v) is 6.15. The van der Waals surface area contributed by atoms with Crippen LogP contribution in [0.15, 0.2) is 30.5 Å². The Bertz CT molecular complexity index is 495. The quantitative estimate of drug-likeness (QED) is 0.759. The highest BCUT2D eigenvalue weighted by Crippen LogP contribution is 2.11. The van der Waals surface area contributed by atoms with Gasteiger partial charge in [-0.15, -0.1) is 5.10 Å². The van der Waals surface area contributed by atoms with E-state index in [1.807, 2.05) is 18.3 Å². The predicted octanol–water partition coefficient (Wildman–Crippen LogP) is 1.53. The minimum Gasteiger partial charge on any atom is -0.508 e. The lowest BCUT2D eigenvalue weighted by Crippen LogP contribution is -2.13. The van der Waals surface area contributed by atoms with Gasteiger partial charge in [0.05, 0.1) is 18.4 Å². The minimum absolute atomic E-state index is 0.275. The largest absolute Gasteiger partial charge is 0.508 e. The van der Waals surface area contributed by atoms with Gasteiger partial charge in [-0.1, -0.05) is 24.3 Å². The number of nitrogens with one attached hydrogen (secondary N) is 1. The molecule has 5 nitrogen and oxygen atoms in total. The van der Waals surface area contributed by atoms with Crippen LogP contribution < -0.4 is 5.32 Å². The van der Waals surface area contributed by atoms with E-state index in [0.717, 1.165) is 30.8 Å². The first-order valence-electron chi connectivity index (χ1n) is 6.15. The number of hydrogen-bond acceptors (Lipinski definition) is 4. The predicted molar refractivity (Wildman–Crippen MR) is 69.2 cm³/mol. The molecule has 0 aliphatic heterocycles. The number of nitrogens with zero attached hydrogens (tertiary/aromatic N) is 3. The summed E-state index contributed by atoms with van der Waals surface area (Å²) in [6.45, 7) is 4.48. The lowest BCUT2D eigenvalue weighted by molar-refractivity contribution is 0.474. The highest BCUT2D eigenvalue weighted by atomic mass is 16.3. The third-order valence-electron chi connectivity index (χ3n) is 2.57. The van der Waals surface area contributed by atoms with Gasteiger partial charge in [0.1, 0.15) is 5.75 Å². The zero-order chi connectivity index (χ0) is 12.8. The number of phenolic OH excluding ortho intramolecular Hbond substituents is 1. The van der Waals surface area contributed by atoms with Crippen LogP contribution in [0.4, 0.5) is 0 Å². The number of rotatable bonds is 6. The molecule has 1 heterocycles. The Morgan fingerprint density at radius 2 is 2.28 bits per heavy atom. The third kappa shape index (κ3) is 3.56. The van der Waals surface area contributed by atoms with Crippen molar-refractivity contribution in [3.8, 4) is 5.75 Å². The van der Waals surface area contributed by atoms with Crippen LogP contribution in [-0.4, -0.2) is 26.6 Å². The van der Waals surface area contributed by atoms with Gasteiger partial charge in [0, 0.05) is 6.54 Å². The van der Waals surface area contributed by atoms with Gasteiger partial charge in [-0.05, 0) is 30.7 Å². The molecule has 96 valence electrons. The van der Waals surface area contributed by atoms with Crippen molar-refractivity contribution in [1.29, 1.82) is 0 Å². The standard InChI is InChI=1S/C13H18N4O/c1-2-6-14-8-12-10-17(16-15-12)9-11-4-3-5-13(18)7-11/h3-5,7,10,14,18H,2,6,8-9H2,1H3. The van der Waals surface area contributed by atoms with E-state index in [1.165, 1.54) is 0 Å². The van der Waals surface area contributed by atoms with Gasteiger partial charge >= 0.3 is 0 Å². The molecular formula is C13H18N4O. The number of aromatic hydroxyl groups is 1. The average molecular weight is 246 g/mol.